The second kappa shape index (κ2) is 5.58. The third kappa shape index (κ3) is 2.08. The fourth-order valence-electron chi connectivity index (χ4n) is 4.97. The summed E-state index contributed by atoms with van der Waals surface area (Å²) in [5.41, 5.74) is 3.20. The van der Waals surface area contributed by atoms with Gasteiger partial charge >= 0.3 is 5.97 Å². The van der Waals surface area contributed by atoms with Gasteiger partial charge in [-0.15, -0.1) is 0 Å². The molecular formula is C20H22N2O4. The molecule has 2 atom stereocenters. The minimum atomic E-state index is -0.946. The van der Waals surface area contributed by atoms with Gasteiger partial charge in [-0.3, -0.25) is 9.59 Å². The van der Waals surface area contributed by atoms with Crippen molar-refractivity contribution in [3.63, 3.8) is 0 Å². The molecule has 0 radical (unpaired) electrons. The second-order valence-electron chi connectivity index (χ2n) is 7.88. The van der Waals surface area contributed by atoms with Gasteiger partial charge in [-0.05, 0) is 37.3 Å². The Morgan fingerprint density at radius 2 is 2.12 bits per heavy atom. The summed E-state index contributed by atoms with van der Waals surface area (Å²) in [4.78, 5) is 30.3. The third-order valence-electron chi connectivity index (χ3n) is 6.45. The minimum Gasteiger partial charge on any atom is -0.481 e. The van der Waals surface area contributed by atoms with Crippen molar-refractivity contribution in [1.82, 2.24) is 9.88 Å². The van der Waals surface area contributed by atoms with E-state index in [4.69, 9.17) is 4.74 Å². The fraction of sp³-hybridized carbons (Fsp3) is 0.500. The molecule has 1 amide bonds. The molecule has 136 valence electrons. The summed E-state index contributed by atoms with van der Waals surface area (Å²) < 4.78 is 5.41. The maximum atomic E-state index is 13.2. The van der Waals surface area contributed by atoms with Crippen LogP contribution in [0.4, 0.5) is 0 Å². The highest BCUT2D eigenvalue weighted by Crippen LogP contribution is 2.42. The number of fused-ring (bicyclic) bond motifs is 4. The van der Waals surface area contributed by atoms with Crippen LogP contribution in [0.25, 0.3) is 10.9 Å². The lowest BCUT2D eigenvalue weighted by molar-refractivity contribution is -0.149. The number of nitrogens with one attached hydrogen (secondary N) is 1. The van der Waals surface area contributed by atoms with E-state index in [0.29, 0.717) is 18.7 Å². The van der Waals surface area contributed by atoms with E-state index in [9.17, 15) is 14.7 Å². The summed E-state index contributed by atoms with van der Waals surface area (Å²) in [5.74, 6) is -1.06. The molecule has 0 spiro atoms. The first-order chi connectivity index (χ1) is 12.6. The van der Waals surface area contributed by atoms with Crippen molar-refractivity contribution in [2.24, 2.45) is 11.3 Å². The molecular weight excluding hydrogens is 332 g/mol. The number of likely N-dealkylation sites (tertiary alicyclic amines) is 1. The van der Waals surface area contributed by atoms with E-state index < -0.39 is 11.4 Å². The zero-order chi connectivity index (χ0) is 17.9. The van der Waals surface area contributed by atoms with E-state index in [1.165, 1.54) is 24.1 Å². The maximum absolute atomic E-state index is 13.2. The predicted octanol–water partition coefficient (Wildman–Crippen LogP) is 2.22. The molecule has 0 saturated carbocycles. The number of carboxylic acids is 1. The highest BCUT2D eigenvalue weighted by Gasteiger charge is 2.57. The number of aryl methyl sites for hydroxylation is 2. The number of H-pyrrole nitrogens is 1. The average molecular weight is 354 g/mol. The van der Waals surface area contributed by atoms with Gasteiger partial charge in [-0.25, -0.2) is 0 Å². The van der Waals surface area contributed by atoms with Crippen molar-refractivity contribution in [3.05, 3.63) is 35.0 Å². The van der Waals surface area contributed by atoms with Crippen molar-refractivity contribution in [2.45, 2.75) is 25.7 Å². The highest BCUT2D eigenvalue weighted by molar-refractivity contribution is 6.07. The molecule has 26 heavy (non-hydrogen) atoms. The normalized spacial score (nSPS) is 27.5. The third-order valence-corrected chi connectivity index (χ3v) is 6.45. The first-order valence-electron chi connectivity index (χ1n) is 9.33. The van der Waals surface area contributed by atoms with Gasteiger partial charge in [0, 0.05) is 30.1 Å². The SMILES string of the molecule is O=C(c1cccc2c3c([nH]c12)CCCC3)N1C[C@@H]2COC[C@]2(C(=O)O)C1. The van der Waals surface area contributed by atoms with Crippen LogP contribution in [-0.2, 0) is 22.4 Å². The Kier molecular flexibility index (Phi) is 3.41. The number of aromatic amines is 1. The Morgan fingerprint density at radius 3 is 2.92 bits per heavy atom. The minimum absolute atomic E-state index is 0.0794. The molecule has 5 rings (SSSR count). The quantitative estimate of drug-likeness (QED) is 0.866. The molecule has 6 heteroatoms. The largest absolute Gasteiger partial charge is 0.481 e. The number of rotatable bonds is 2. The van der Waals surface area contributed by atoms with Gasteiger partial charge in [0.1, 0.15) is 5.41 Å². The first-order valence-corrected chi connectivity index (χ1v) is 9.33. The van der Waals surface area contributed by atoms with Gasteiger partial charge in [0.15, 0.2) is 0 Å². The van der Waals surface area contributed by atoms with Gasteiger partial charge in [0.05, 0.1) is 24.3 Å². The molecule has 2 saturated heterocycles. The Bertz CT molecular complexity index is 918. The number of para-hydroxylation sites is 1. The van der Waals surface area contributed by atoms with Gasteiger partial charge < -0.3 is 19.7 Å². The molecule has 3 aliphatic rings. The molecule has 1 aliphatic carbocycles. The van der Waals surface area contributed by atoms with Crippen LogP contribution in [0.2, 0.25) is 0 Å². The number of aromatic nitrogens is 1. The molecule has 2 aromatic rings. The number of aliphatic carboxylic acids is 1. The number of carbonyl (C=O) groups is 2. The summed E-state index contributed by atoms with van der Waals surface area (Å²) in [6, 6.07) is 5.87. The lowest BCUT2D eigenvalue weighted by Crippen LogP contribution is -2.40. The molecule has 3 heterocycles. The Morgan fingerprint density at radius 1 is 1.27 bits per heavy atom. The van der Waals surface area contributed by atoms with E-state index >= 15 is 0 Å². The number of carboxylic acid groups (broad SMARTS) is 1. The molecule has 2 fully saturated rings. The monoisotopic (exact) mass is 354 g/mol. The zero-order valence-electron chi connectivity index (χ0n) is 14.6. The summed E-state index contributed by atoms with van der Waals surface area (Å²) in [6.07, 6.45) is 4.45. The van der Waals surface area contributed by atoms with E-state index in [1.54, 1.807) is 4.90 Å². The standard InChI is InChI=1S/C20H22N2O4/c23-18(22-8-12-9-26-11-20(12,10-22)19(24)25)15-6-3-5-14-13-4-1-2-7-16(13)21-17(14)15/h3,5-6,12,21H,1-2,4,7-11H2,(H,24,25)/t12-,20-/m1/s1. The van der Waals surface area contributed by atoms with Crippen LogP contribution >= 0.6 is 0 Å². The Balaban J connectivity index is 1.52. The van der Waals surface area contributed by atoms with Crippen LogP contribution in [-0.4, -0.2) is 53.2 Å². The van der Waals surface area contributed by atoms with Gasteiger partial charge in [-0.1, -0.05) is 12.1 Å². The van der Waals surface area contributed by atoms with Crippen molar-refractivity contribution >= 4 is 22.8 Å². The van der Waals surface area contributed by atoms with Gasteiger partial charge in [-0.2, -0.15) is 0 Å². The number of carbonyl (C=O) groups excluding carboxylic acids is 1. The molecule has 0 bridgehead atoms. The van der Waals surface area contributed by atoms with Crippen LogP contribution in [0.15, 0.2) is 18.2 Å². The van der Waals surface area contributed by atoms with Crippen LogP contribution in [0, 0.1) is 11.3 Å². The lowest BCUT2D eigenvalue weighted by Gasteiger charge is -2.22. The smallest absolute Gasteiger partial charge is 0.314 e. The van der Waals surface area contributed by atoms with E-state index in [-0.39, 0.29) is 25.0 Å². The molecule has 2 N–H and O–H groups in total. The van der Waals surface area contributed by atoms with Crippen molar-refractivity contribution < 1.29 is 19.4 Å². The van der Waals surface area contributed by atoms with Crippen molar-refractivity contribution in [2.75, 3.05) is 26.3 Å². The lowest BCUT2D eigenvalue weighted by atomic mass is 9.81. The summed E-state index contributed by atoms with van der Waals surface area (Å²) in [6.45, 7) is 1.28. The summed E-state index contributed by atoms with van der Waals surface area (Å²) in [7, 11) is 0. The van der Waals surface area contributed by atoms with Crippen molar-refractivity contribution in [3.8, 4) is 0 Å². The maximum Gasteiger partial charge on any atom is 0.314 e. The first kappa shape index (κ1) is 15.9. The Hall–Kier alpha value is -2.34. The molecule has 1 aromatic heterocycles. The van der Waals surface area contributed by atoms with Gasteiger partial charge in [0.2, 0.25) is 0 Å². The second-order valence-corrected chi connectivity index (χ2v) is 7.88. The molecule has 1 aromatic carbocycles. The van der Waals surface area contributed by atoms with Gasteiger partial charge in [0.25, 0.3) is 5.91 Å². The van der Waals surface area contributed by atoms with Crippen LogP contribution in [0.3, 0.4) is 0 Å². The number of hydrogen-bond donors (Lipinski definition) is 2. The molecule has 0 unspecified atom stereocenters. The fourth-order valence-corrected chi connectivity index (χ4v) is 4.97. The topological polar surface area (TPSA) is 82.6 Å². The molecule has 6 nitrogen and oxygen atoms in total. The number of nitrogens with zero attached hydrogens (tertiary/aromatic N) is 1. The number of ether oxygens (including phenoxy) is 1. The number of hydrogen-bond acceptors (Lipinski definition) is 3. The van der Waals surface area contributed by atoms with E-state index in [1.807, 2.05) is 12.1 Å². The van der Waals surface area contributed by atoms with Crippen LogP contribution in [0.5, 0.6) is 0 Å². The Labute approximate surface area is 151 Å². The average Bonchev–Trinajstić information content (AvgIpc) is 3.31. The number of amides is 1. The van der Waals surface area contributed by atoms with Crippen LogP contribution < -0.4 is 0 Å². The van der Waals surface area contributed by atoms with E-state index in [0.717, 1.165) is 23.7 Å². The summed E-state index contributed by atoms with van der Waals surface area (Å²) >= 11 is 0. The summed E-state index contributed by atoms with van der Waals surface area (Å²) in [5, 5.41) is 10.8. The predicted molar refractivity (Wildman–Crippen MR) is 95.2 cm³/mol. The van der Waals surface area contributed by atoms with E-state index in [2.05, 4.69) is 11.1 Å². The zero-order valence-corrected chi connectivity index (χ0v) is 14.6. The highest BCUT2D eigenvalue weighted by atomic mass is 16.5. The number of benzene rings is 1. The molecule has 2 aliphatic heterocycles. The van der Waals surface area contributed by atoms with Crippen LogP contribution in [0.1, 0.15) is 34.5 Å². The van der Waals surface area contributed by atoms with Crippen molar-refractivity contribution in [1.29, 1.82) is 0 Å².